The third kappa shape index (κ3) is 5.05. The minimum Gasteiger partial charge on any atom is -0.506 e. The number of hydrogen-bond acceptors (Lipinski definition) is 7. The summed E-state index contributed by atoms with van der Waals surface area (Å²) in [6.45, 7) is 0. The van der Waals surface area contributed by atoms with Crippen LogP contribution in [0.4, 0.5) is 17.1 Å². The van der Waals surface area contributed by atoms with Crippen molar-refractivity contribution >= 4 is 43.2 Å². The largest absolute Gasteiger partial charge is 0.506 e. The summed E-state index contributed by atoms with van der Waals surface area (Å²) in [5.41, 5.74) is 0.0483. The highest BCUT2D eigenvalue weighted by atomic mass is 32.2. The van der Waals surface area contributed by atoms with E-state index in [1.807, 2.05) is 0 Å². The second kappa shape index (κ2) is 6.93. The van der Waals surface area contributed by atoms with E-state index in [1.165, 1.54) is 30.3 Å². The lowest BCUT2D eigenvalue weighted by Gasteiger charge is -2.10. The molecule has 0 atom stereocenters. The van der Waals surface area contributed by atoms with Crippen LogP contribution in [0.5, 0.6) is 5.75 Å². The number of aromatic hydroxyl groups is 1. The first-order chi connectivity index (χ1) is 11.6. The third-order valence-corrected chi connectivity index (χ3v) is 4.83. The second-order valence-electron chi connectivity index (χ2n) is 4.91. The van der Waals surface area contributed by atoms with Gasteiger partial charge in [-0.3, -0.25) is 9.44 Å². The van der Waals surface area contributed by atoms with Crippen LogP contribution >= 0.6 is 0 Å². The van der Waals surface area contributed by atoms with Crippen molar-refractivity contribution in [3.05, 3.63) is 42.5 Å². The van der Waals surface area contributed by atoms with Gasteiger partial charge in [-0.05, 0) is 36.4 Å². The monoisotopic (exact) mass is 383 g/mol. The van der Waals surface area contributed by atoms with Gasteiger partial charge in [-0.15, -0.1) is 0 Å². The van der Waals surface area contributed by atoms with E-state index in [-0.39, 0.29) is 27.7 Å². The summed E-state index contributed by atoms with van der Waals surface area (Å²) in [5, 5.41) is 9.51. The maximum Gasteiger partial charge on any atom is 0.261 e. The maximum atomic E-state index is 12.4. The van der Waals surface area contributed by atoms with Crippen molar-refractivity contribution in [3.8, 4) is 5.75 Å². The summed E-state index contributed by atoms with van der Waals surface area (Å²) in [7, 11) is -7.57. The third-order valence-electron chi connectivity index (χ3n) is 2.84. The molecule has 132 valence electrons. The molecule has 0 radical (unpaired) electrons. The van der Waals surface area contributed by atoms with Crippen LogP contribution in [0.25, 0.3) is 0 Å². The summed E-state index contributed by atoms with van der Waals surface area (Å²) >= 11 is 0. The Balaban J connectivity index is 2.35. The molecule has 0 saturated carbocycles. The minimum absolute atomic E-state index is 0.113. The first-order valence-electron chi connectivity index (χ1n) is 6.62. The molecule has 25 heavy (non-hydrogen) atoms. The molecule has 0 unspecified atom stereocenters. The molecule has 0 saturated heterocycles. The van der Waals surface area contributed by atoms with Crippen LogP contribution in [-0.2, 0) is 24.8 Å². The topological polar surface area (TPSA) is 142 Å². The Kier molecular flexibility index (Phi) is 5.12. The second-order valence-corrected chi connectivity index (χ2v) is 8.34. The summed E-state index contributed by atoms with van der Waals surface area (Å²) < 4.78 is 51.7. The van der Waals surface area contributed by atoms with E-state index in [4.69, 9.17) is 0 Å². The fourth-order valence-corrected chi connectivity index (χ4v) is 3.51. The number of carbonyl (C=O) groups excluding carboxylic acids is 1. The fourth-order valence-electron chi connectivity index (χ4n) is 1.88. The van der Waals surface area contributed by atoms with Gasteiger partial charge in [0.15, 0.2) is 0 Å². The van der Waals surface area contributed by atoms with Crippen LogP contribution < -0.4 is 9.44 Å². The van der Waals surface area contributed by atoms with Gasteiger partial charge in [0.05, 0.1) is 22.5 Å². The predicted octanol–water partition coefficient (Wildman–Crippen LogP) is 1.53. The smallest absolute Gasteiger partial charge is 0.261 e. The molecule has 2 aromatic rings. The van der Waals surface area contributed by atoms with Crippen molar-refractivity contribution < 1.29 is 26.7 Å². The van der Waals surface area contributed by atoms with Gasteiger partial charge < -0.3 is 5.11 Å². The van der Waals surface area contributed by atoms with Gasteiger partial charge in [0.2, 0.25) is 16.1 Å². The molecule has 0 aliphatic carbocycles. The van der Waals surface area contributed by atoms with Gasteiger partial charge in [0.1, 0.15) is 11.4 Å². The number of nitrogens with one attached hydrogen (secondary N) is 2. The van der Waals surface area contributed by atoms with Crippen LogP contribution in [0.15, 0.2) is 52.4 Å². The first kappa shape index (κ1) is 18.5. The first-order valence-corrected chi connectivity index (χ1v) is 10.00. The van der Waals surface area contributed by atoms with Crippen molar-refractivity contribution in [2.75, 3.05) is 15.7 Å². The summed E-state index contributed by atoms with van der Waals surface area (Å²) in [6.07, 6.45) is 2.18. The lowest BCUT2D eigenvalue weighted by molar-refractivity contribution is 0.476. The van der Waals surface area contributed by atoms with Crippen molar-refractivity contribution in [2.45, 2.75) is 4.90 Å². The van der Waals surface area contributed by atoms with Gasteiger partial charge >= 0.3 is 0 Å². The summed E-state index contributed by atoms with van der Waals surface area (Å²) in [4.78, 5) is 13.3. The lowest BCUT2D eigenvalue weighted by Crippen LogP contribution is -2.14. The number of phenolic OH excluding ortho intramolecular Hbond substituents is 1. The van der Waals surface area contributed by atoms with Gasteiger partial charge in [0, 0.05) is 0 Å². The van der Waals surface area contributed by atoms with Crippen molar-refractivity contribution in [2.24, 2.45) is 4.99 Å². The number of phenols is 1. The molecular weight excluding hydrogens is 370 g/mol. The Labute approximate surface area is 144 Å². The highest BCUT2D eigenvalue weighted by Gasteiger charge is 2.17. The number of hydrogen-bond donors (Lipinski definition) is 3. The number of anilines is 2. The molecule has 0 bridgehead atoms. The molecule has 0 spiro atoms. The molecule has 2 rings (SSSR count). The molecule has 2 aromatic carbocycles. The SMILES string of the molecule is CS(=O)(=O)Nc1cccc(NS(=O)(=O)c2ccc(O)c(N=C=O)c2)c1. The van der Waals surface area contributed by atoms with Crippen LogP contribution in [0.3, 0.4) is 0 Å². The molecule has 0 amide bonds. The number of rotatable bonds is 6. The molecule has 0 aliphatic heterocycles. The lowest BCUT2D eigenvalue weighted by atomic mass is 10.3. The van der Waals surface area contributed by atoms with Crippen LogP contribution in [0.1, 0.15) is 0 Å². The van der Waals surface area contributed by atoms with Gasteiger partial charge in [-0.2, -0.15) is 4.99 Å². The van der Waals surface area contributed by atoms with E-state index in [0.717, 1.165) is 24.5 Å². The maximum absolute atomic E-state index is 12.4. The predicted molar refractivity (Wildman–Crippen MR) is 91.6 cm³/mol. The van der Waals surface area contributed by atoms with Crippen molar-refractivity contribution in [3.63, 3.8) is 0 Å². The number of sulfonamides is 2. The van der Waals surface area contributed by atoms with Crippen molar-refractivity contribution in [1.82, 2.24) is 0 Å². The van der Waals surface area contributed by atoms with Crippen LogP contribution in [0, 0.1) is 0 Å². The zero-order valence-corrected chi connectivity index (χ0v) is 14.4. The zero-order valence-electron chi connectivity index (χ0n) is 12.8. The van der Waals surface area contributed by atoms with Crippen molar-refractivity contribution in [1.29, 1.82) is 0 Å². The quantitative estimate of drug-likeness (QED) is 0.510. The molecule has 11 heteroatoms. The highest BCUT2D eigenvalue weighted by Crippen LogP contribution is 2.29. The van der Waals surface area contributed by atoms with Crippen LogP contribution in [0.2, 0.25) is 0 Å². The van der Waals surface area contributed by atoms with Gasteiger partial charge in [-0.1, -0.05) is 6.07 Å². The molecule has 0 fully saturated rings. The van der Waals surface area contributed by atoms with Crippen LogP contribution in [-0.4, -0.2) is 34.3 Å². The molecule has 0 aliphatic rings. The highest BCUT2D eigenvalue weighted by molar-refractivity contribution is 7.92. The number of nitrogens with zero attached hydrogens (tertiary/aromatic N) is 1. The Hall–Kier alpha value is -2.88. The summed E-state index contributed by atoms with van der Waals surface area (Å²) in [5.74, 6) is -0.373. The Morgan fingerprint density at radius 1 is 1.00 bits per heavy atom. The van der Waals surface area contributed by atoms with E-state index in [1.54, 1.807) is 0 Å². The standard InChI is InChI=1S/C14H13N3O6S2/c1-24(20,21)16-10-3-2-4-11(7-10)17-25(22,23)12-5-6-14(19)13(8-12)15-9-18/h2-8,16-17,19H,1H3. The number of benzene rings is 2. The molecule has 9 nitrogen and oxygen atoms in total. The Morgan fingerprint density at radius 2 is 1.64 bits per heavy atom. The van der Waals surface area contributed by atoms with E-state index in [9.17, 15) is 26.7 Å². The number of aliphatic imine (C=N–C) groups is 1. The average Bonchev–Trinajstić information content (AvgIpc) is 2.47. The zero-order chi connectivity index (χ0) is 18.7. The van der Waals surface area contributed by atoms with E-state index in [2.05, 4.69) is 14.4 Å². The van der Waals surface area contributed by atoms with E-state index in [0.29, 0.717) is 0 Å². The summed E-state index contributed by atoms with van der Waals surface area (Å²) in [6, 6.07) is 8.84. The van der Waals surface area contributed by atoms with Gasteiger partial charge in [-0.25, -0.2) is 21.6 Å². The molecule has 0 aromatic heterocycles. The Morgan fingerprint density at radius 3 is 2.24 bits per heavy atom. The average molecular weight is 383 g/mol. The fraction of sp³-hybridized carbons (Fsp3) is 0.0714. The van der Waals surface area contributed by atoms with E-state index >= 15 is 0 Å². The van der Waals surface area contributed by atoms with E-state index < -0.39 is 20.0 Å². The molecular formula is C14H13N3O6S2. The molecule has 0 heterocycles. The molecule has 3 N–H and O–H groups in total. The minimum atomic E-state index is -4.06. The number of isocyanates is 1. The normalized spacial score (nSPS) is 11.4. The van der Waals surface area contributed by atoms with Gasteiger partial charge in [0.25, 0.3) is 10.0 Å². The Bertz CT molecular complexity index is 1060.